The van der Waals surface area contributed by atoms with Crippen molar-refractivity contribution in [2.24, 2.45) is 5.92 Å². The Hall–Kier alpha value is -0.450. The van der Waals surface area contributed by atoms with Crippen LogP contribution >= 0.6 is 11.3 Å². The second kappa shape index (κ2) is 23.7. The summed E-state index contributed by atoms with van der Waals surface area (Å²) < 4.78 is 14.3. The quantitative estimate of drug-likeness (QED) is 0.0892. The molecule has 0 saturated carbocycles. The Morgan fingerprint density at radius 3 is 1.94 bits per heavy atom. The van der Waals surface area contributed by atoms with Gasteiger partial charge < -0.3 is 9.47 Å². The molecular weight excluding hydrogens is 462 g/mol. The standard InChI is InChI=1S/C32H60NO2S/c1-2-3-4-5-6-7-8-9-10-11-12-13-16-19-22-31-27-32(35-28-31)29-34-25-21-18-15-14-17-20-23-33-24-26-36-30-33/h24,26,30-32H,2-23,25,27-29H2,1H3/q+1/t31-,32+/m1/s1. The number of nitrogens with zero attached hydrogens (tertiary/aromatic N) is 1. The first kappa shape index (κ1) is 31.8. The van der Waals surface area contributed by atoms with Crippen LogP contribution in [-0.4, -0.2) is 25.9 Å². The number of hydrogen-bond acceptors (Lipinski definition) is 3. The minimum Gasteiger partial charge on any atom is -0.379 e. The molecule has 36 heavy (non-hydrogen) atoms. The molecule has 1 saturated heterocycles. The molecule has 0 aromatic carbocycles. The van der Waals surface area contributed by atoms with Gasteiger partial charge in [0.25, 0.3) is 0 Å². The molecule has 3 nitrogen and oxygen atoms in total. The third-order valence-corrected chi connectivity index (χ3v) is 8.59. The van der Waals surface area contributed by atoms with E-state index in [1.165, 1.54) is 148 Å². The van der Waals surface area contributed by atoms with Gasteiger partial charge in [0.05, 0.1) is 18.1 Å². The van der Waals surface area contributed by atoms with Crippen LogP contribution in [0.3, 0.4) is 0 Å². The van der Waals surface area contributed by atoms with E-state index in [1.807, 2.05) is 0 Å². The Balaban J connectivity index is 1.25. The smallest absolute Gasteiger partial charge is 0.224 e. The fourth-order valence-electron chi connectivity index (χ4n) is 5.53. The van der Waals surface area contributed by atoms with Crippen molar-refractivity contribution in [3.63, 3.8) is 0 Å². The molecule has 1 fully saturated rings. The van der Waals surface area contributed by atoms with Crippen molar-refractivity contribution in [2.45, 2.75) is 161 Å². The summed E-state index contributed by atoms with van der Waals surface area (Å²) in [6, 6.07) is 0. The summed E-state index contributed by atoms with van der Waals surface area (Å²) in [4.78, 5) is 0. The second-order valence-corrected chi connectivity index (χ2v) is 12.2. The highest BCUT2D eigenvalue weighted by molar-refractivity contribution is 7.07. The topological polar surface area (TPSA) is 22.3 Å². The van der Waals surface area contributed by atoms with Gasteiger partial charge in [0, 0.05) is 19.6 Å². The lowest BCUT2D eigenvalue weighted by atomic mass is 9.97. The lowest BCUT2D eigenvalue weighted by Gasteiger charge is -2.10. The van der Waals surface area contributed by atoms with Crippen LogP contribution in [0, 0.1) is 5.92 Å². The summed E-state index contributed by atoms with van der Waals surface area (Å²) in [6.07, 6.45) is 33.2. The fourth-order valence-corrected chi connectivity index (χ4v) is 6.16. The van der Waals surface area contributed by atoms with E-state index < -0.39 is 0 Å². The maximum absolute atomic E-state index is 6.01. The summed E-state index contributed by atoms with van der Waals surface area (Å²) in [5.74, 6) is 0.781. The summed E-state index contributed by atoms with van der Waals surface area (Å²) >= 11 is 1.78. The Morgan fingerprint density at radius 2 is 1.33 bits per heavy atom. The first-order chi connectivity index (χ1) is 17.9. The lowest BCUT2D eigenvalue weighted by Crippen LogP contribution is -2.29. The van der Waals surface area contributed by atoms with Crippen molar-refractivity contribution in [3.05, 3.63) is 17.1 Å². The fraction of sp³-hybridized carbons (Fsp3) is 0.906. The third kappa shape index (κ3) is 17.9. The van der Waals surface area contributed by atoms with Crippen molar-refractivity contribution in [1.29, 1.82) is 0 Å². The molecule has 1 aliphatic heterocycles. The summed E-state index contributed by atoms with van der Waals surface area (Å²) in [5, 5.41) is 2.15. The van der Waals surface area contributed by atoms with E-state index in [0.717, 1.165) is 25.7 Å². The summed E-state index contributed by atoms with van der Waals surface area (Å²) in [7, 11) is 0. The number of rotatable bonds is 26. The van der Waals surface area contributed by atoms with E-state index in [-0.39, 0.29) is 0 Å². The molecule has 1 aromatic rings. The van der Waals surface area contributed by atoms with Crippen LogP contribution in [0.5, 0.6) is 0 Å². The zero-order valence-electron chi connectivity index (χ0n) is 23.9. The van der Waals surface area contributed by atoms with E-state index in [4.69, 9.17) is 9.47 Å². The molecule has 0 aliphatic carbocycles. The first-order valence-electron chi connectivity index (χ1n) is 16.0. The van der Waals surface area contributed by atoms with E-state index in [9.17, 15) is 0 Å². The number of aromatic nitrogens is 1. The van der Waals surface area contributed by atoms with Gasteiger partial charge in [0.1, 0.15) is 6.54 Å². The minimum atomic E-state index is 0.358. The highest BCUT2D eigenvalue weighted by Gasteiger charge is 2.24. The number of hydrogen-bond donors (Lipinski definition) is 0. The number of aryl methyl sites for hydroxylation is 1. The molecule has 2 heterocycles. The maximum atomic E-state index is 6.01. The largest absolute Gasteiger partial charge is 0.379 e. The Morgan fingerprint density at radius 1 is 0.750 bits per heavy atom. The van der Waals surface area contributed by atoms with Crippen LogP contribution in [0.1, 0.15) is 148 Å². The van der Waals surface area contributed by atoms with Crippen LogP contribution in [0.4, 0.5) is 0 Å². The molecule has 210 valence electrons. The van der Waals surface area contributed by atoms with E-state index in [0.29, 0.717) is 6.10 Å². The minimum absolute atomic E-state index is 0.358. The highest BCUT2D eigenvalue weighted by Crippen LogP contribution is 2.25. The molecule has 4 heteroatoms. The van der Waals surface area contributed by atoms with Gasteiger partial charge in [-0.15, -0.1) is 0 Å². The van der Waals surface area contributed by atoms with Crippen molar-refractivity contribution < 1.29 is 14.0 Å². The van der Waals surface area contributed by atoms with Gasteiger partial charge >= 0.3 is 0 Å². The van der Waals surface area contributed by atoms with E-state index in [1.54, 1.807) is 11.3 Å². The van der Waals surface area contributed by atoms with Gasteiger partial charge in [0.2, 0.25) is 5.51 Å². The predicted molar refractivity (Wildman–Crippen MR) is 156 cm³/mol. The monoisotopic (exact) mass is 522 g/mol. The summed E-state index contributed by atoms with van der Waals surface area (Å²) in [6.45, 7) is 6.17. The SMILES string of the molecule is CCCCCCCCCCCCCCCC[C@H]1CO[C@H](COCCCCCCCC[n+]2ccsc2)C1. The van der Waals surface area contributed by atoms with Gasteiger partial charge in [0.15, 0.2) is 6.20 Å². The molecule has 2 rings (SSSR count). The van der Waals surface area contributed by atoms with Gasteiger partial charge in [-0.3, -0.25) is 0 Å². The molecule has 2 atom stereocenters. The molecule has 0 amide bonds. The Bertz CT molecular complexity index is 565. The van der Waals surface area contributed by atoms with Crippen LogP contribution < -0.4 is 4.57 Å². The van der Waals surface area contributed by atoms with Crippen molar-refractivity contribution in [2.75, 3.05) is 19.8 Å². The maximum Gasteiger partial charge on any atom is 0.224 e. The highest BCUT2D eigenvalue weighted by atomic mass is 32.1. The molecule has 1 aliphatic rings. The van der Waals surface area contributed by atoms with Gasteiger partial charge in [-0.1, -0.05) is 127 Å². The first-order valence-corrected chi connectivity index (χ1v) is 16.9. The van der Waals surface area contributed by atoms with Crippen molar-refractivity contribution in [3.8, 4) is 0 Å². The van der Waals surface area contributed by atoms with Gasteiger partial charge in [-0.25, -0.2) is 0 Å². The number of ether oxygens (including phenoxy) is 2. The van der Waals surface area contributed by atoms with Crippen LogP contribution in [0.25, 0.3) is 0 Å². The molecule has 0 unspecified atom stereocenters. The zero-order chi connectivity index (χ0) is 25.4. The Kier molecular flexibility index (Phi) is 20.9. The predicted octanol–water partition coefficient (Wildman–Crippen LogP) is 9.67. The zero-order valence-corrected chi connectivity index (χ0v) is 24.8. The van der Waals surface area contributed by atoms with Crippen molar-refractivity contribution in [1.82, 2.24) is 0 Å². The Labute approximate surface area is 228 Å². The molecule has 0 N–H and O–H groups in total. The molecule has 1 aromatic heterocycles. The van der Waals surface area contributed by atoms with Crippen LogP contribution in [0.2, 0.25) is 0 Å². The summed E-state index contributed by atoms with van der Waals surface area (Å²) in [5.41, 5.74) is 2.20. The van der Waals surface area contributed by atoms with E-state index >= 15 is 0 Å². The van der Waals surface area contributed by atoms with Gasteiger partial charge in [-0.2, -0.15) is 4.57 Å². The average Bonchev–Trinajstić information content (AvgIpc) is 3.58. The normalized spacial score (nSPS) is 17.8. The van der Waals surface area contributed by atoms with E-state index in [2.05, 4.69) is 28.6 Å². The second-order valence-electron chi connectivity index (χ2n) is 11.4. The lowest BCUT2D eigenvalue weighted by molar-refractivity contribution is -0.692. The molecule has 0 spiro atoms. The van der Waals surface area contributed by atoms with Crippen molar-refractivity contribution >= 4 is 11.3 Å². The third-order valence-electron chi connectivity index (χ3n) is 7.92. The number of thiazole rings is 1. The molecule has 0 bridgehead atoms. The molecular formula is C32H60NO2S+. The number of unbranched alkanes of at least 4 members (excludes halogenated alkanes) is 18. The molecule has 0 radical (unpaired) electrons. The average molecular weight is 523 g/mol. The van der Waals surface area contributed by atoms with Gasteiger partial charge in [-0.05, 0) is 31.6 Å². The van der Waals surface area contributed by atoms with Crippen LogP contribution in [0.15, 0.2) is 17.1 Å². The van der Waals surface area contributed by atoms with Crippen LogP contribution in [-0.2, 0) is 16.0 Å².